The maximum atomic E-state index is 13.2. The van der Waals surface area contributed by atoms with Crippen LogP contribution < -0.4 is 18.9 Å². The fraction of sp³-hybridized carbons (Fsp3) is 0.333. The summed E-state index contributed by atoms with van der Waals surface area (Å²) in [4.78, 5) is 21.5. The number of carbonyl (C=O) groups is 1. The Kier molecular flexibility index (Phi) is 6.99. The topological polar surface area (TPSA) is 73.4 Å². The van der Waals surface area contributed by atoms with Gasteiger partial charge in [0.15, 0.2) is 23.0 Å². The number of carbonyl (C=O) groups excluding carboxylic acids is 1. The molecule has 3 aromatic rings. The van der Waals surface area contributed by atoms with Crippen molar-refractivity contribution in [3.8, 4) is 23.0 Å². The molecule has 1 fully saturated rings. The van der Waals surface area contributed by atoms with Crippen LogP contribution in [0.5, 0.6) is 23.0 Å². The summed E-state index contributed by atoms with van der Waals surface area (Å²) in [5.41, 5.74) is 2.80. The Hall–Kier alpha value is -3.78. The Morgan fingerprint density at radius 3 is 2.49 bits per heavy atom. The summed E-state index contributed by atoms with van der Waals surface area (Å²) < 4.78 is 22.6. The smallest absolute Gasteiger partial charge is 0.254 e. The molecule has 182 valence electrons. The van der Waals surface area contributed by atoms with Crippen LogP contribution in [0.4, 0.5) is 0 Å². The summed E-state index contributed by atoms with van der Waals surface area (Å²) in [5, 5.41) is 0. The number of amides is 1. The van der Waals surface area contributed by atoms with Crippen molar-refractivity contribution < 1.29 is 23.7 Å². The van der Waals surface area contributed by atoms with Gasteiger partial charge in [-0.1, -0.05) is 6.07 Å². The molecule has 0 unspecified atom stereocenters. The molecule has 3 heterocycles. The third-order valence-corrected chi connectivity index (χ3v) is 6.14. The fourth-order valence-corrected chi connectivity index (χ4v) is 4.26. The summed E-state index contributed by atoms with van der Waals surface area (Å²) >= 11 is 0. The minimum atomic E-state index is 0.00867. The van der Waals surface area contributed by atoms with Gasteiger partial charge >= 0.3 is 0 Å². The van der Waals surface area contributed by atoms with Crippen LogP contribution in [0, 0.1) is 0 Å². The number of hydrogen-bond donors (Lipinski definition) is 0. The number of ether oxygens (including phenoxy) is 4. The predicted octanol–water partition coefficient (Wildman–Crippen LogP) is 3.75. The molecule has 0 bridgehead atoms. The Morgan fingerprint density at radius 1 is 0.886 bits per heavy atom. The number of fused-ring (bicyclic) bond motifs is 1. The number of benzene rings is 2. The van der Waals surface area contributed by atoms with E-state index in [1.807, 2.05) is 48.2 Å². The zero-order valence-corrected chi connectivity index (χ0v) is 19.8. The quantitative estimate of drug-likeness (QED) is 0.491. The first kappa shape index (κ1) is 23.0. The van der Waals surface area contributed by atoms with Crippen molar-refractivity contribution in [2.24, 2.45) is 0 Å². The summed E-state index contributed by atoms with van der Waals surface area (Å²) in [5.74, 6) is 2.80. The number of hydrogen-bond acceptors (Lipinski definition) is 7. The van der Waals surface area contributed by atoms with Crippen LogP contribution in [0.25, 0.3) is 0 Å². The first-order valence-electron chi connectivity index (χ1n) is 11.9. The third-order valence-electron chi connectivity index (χ3n) is 6.14. The van der Waals surface area contributed by atoms with Gasteiger partial charge < -0.3 is 23.8 Å². The molecule has 2 aromatic carbocycles. The molecule has 8 nitrogen and oxygen atoms in total. The number of piperazine rings is 1. The van der Waals surface area contributed by atoms with Crippen molar-refractivity contribution in [2.45, 2.75) is 20.1 Å². The molecule has 0 atom stereocenters. The van der Waals surface area contributed by atoms with E-state index in [1.165, 1.54) is 5.56 Å². The van der Waals surface area contributed by atoms with Crippen LogP contribution in [-0.2, 0) is 13.2 Å². The van der Waals surface area contributed by atoms with E-state index in [0.717, 1.165) is 36.7 Å². The monoisotopic (exact) mass is 475 g/mol. The summed E-state index contributed by atoms with van der Waals surface area (Å²) in [7, 11) is 0. The zero-order valence-electron chi connectivity index (χ0n) is 19.8. The highest BCUT2D eigenvalue weighted by Crippen LogP contribution is 2.33. The van der Waals surface area contributed by atoms with Gasteiger partial charge in [0, 0.05) is 50.7 Å². The zero-order chi connectivity index (χ0) is 24.0. The highest BCUT2D eigenvalue weighted by Gasteiger charge is 2.24. The van der Waals surface area contributed by atoms with Crippen molar-refractivity contribution in [2.75, 3.05) is 39.6 Å². The molecule has 35 heavy (non-hydrogen) atoms. The second kappa shape index (κ2) is 10.7. The van der Waals surface area contributed by atoms with Crippen LogP contribution >= 0.6 is 0 Å². The lowest BCUT2D eigenvalue weighted by molar-refractivity contribution is 0.0628. The van der Waals surface area contributed by atoms with Gasteiger partial charge in [0.25, 0.3) is 5.91 Å². The minimum absolute atomic E-state index is 0.00867. The van der Waals surface area contributed by atoms with Gasteiger partial charge in [-0.3, -0.25) is 14.7 Å². The van der Waals surface area contributed by atoms with E-state index in [1.54, 1.807) is 18.5 Å². The molecule has 5 rings (SSSR count). The molecule has 8 heteroatoms. The third kappa shape index (κ3) is 5.49. The van der Waals surface area contributed by atoms with Crippen LogP contribution in [0.1, 0.15) is 28.4 Å². The Labute approximate surface area is 205 Å². The van der Waals surface area contributed by atoms with Crippen molar-refractivity contribution >= 4 is 5.91 Å². The second-order valence-corrected chi connectivity index (χ2v) is 8.49. The maximum absolute atomic E-state index is 13.2. The second-order valence-electron chi connectivity index (χ2n) is 8.49. The van der Waals surface area contributed by atoms with Gasteiger partial charge in [-0.15, -0.1) is 0 Å². The maximum Gasteiger partial charge on any atom is 0.254 e. The van der Waals surface area contributed by atoms with Gasteiger partial charge in [0.1, 0.15) is 6.61 Å². The lowest BCUT2D eigenvalue weighted by Gasteiger charge is -2.35. The van der Waals surface area contributed by atoms with Crippen molar-refractivity contribution in [1.82, 2.24) is 14.8 Å². The van der Waals surface area contributed by atoms with Gasteiger partial charge in [-0.2, -0.15) is 0 Å². The number of pyridine rings is 1. The van der Waals surface area contributed by atoms with E-state index in [4.69, 9.17) is 18.9 Å². The Bertz CT molecular complexity index is 1160. The summed E-state index contributed by atoms with van der Waals surface area (Å²) in [6, 6.07) is 15.3. The van der Waals surface area contributed by atoms with Gasteiger partial charge in [0.2, 0.25) is 6.79 Å². The van der Waals surface area contributed by atoms with Crippen LogP contribution in [0.15, 0.2) is 60.9 Å². The molecule has 1 saturated heterocycles. The van der Waals surface area contributed by atoms with Gasteiger partial charge in [-0.05, 0) is 60.5 Å². The number of rotatable bonds is 8. The normalized spacial score (nSPS) is 15.2. The number of aromatic nitrogens is 1. The van der Waals surface area contributed by atoms with E-state index < -0.39 is 0 Å². The Balaban J connectivity index is 1.18. The summed E-state index contributed by atoms with van der Waals surface area (Å²) in [6.07, 6.45) is 3.47. The Morgan fingerprint density at radius 2 is 1.69 bits per heavy atom. The van der Waals surface area contributed by atoms with Crippen LogP contribution in [0.3, 0.4) is 0 Å². The van der Waals surface area contributed by atoms with Crippen molar-refractivity contribution in [1.29, 1.82) is 0 Å². The van der Waals surface area contributed by atoms with E-state index in [9.17, 15) is 4.79 Å². The van der Waals surface area contributed by atoms with E-state index >= 15 is 0 Å². The lowest BCUT2D eigenvalue weighted by Crippen LogP contribution is -2.48. The van der Waals surface area contributed by atoms with E-state index in [2.05, 4.69) is 16.0 Å². The molecule has 1 amide bonds. The lowest BCUT2D eigenvalue weighted by atomic mass is 10.1. The van der Waals surface area contributed by atoms with E-state index in [-0.39, 0.29) is 12.7 Å². The average molecular weight is 476 g/mol. The molecule has 0 N–H and O–H groups in total. The predicted molar refractivity (Wildman–Crippen MR) is 130 cm³/mol. The SMILES string of the molecule is CCOc1cc(C(=O)N2CCN(Cc3ccc4c(c3)OCO4)CC2)ccc1OCc1ccncc1. The molecule has 1 aromatic heterocycles. The number of nitrogens with zero attached hydrogens (tertiary/aromatic N) is 3. The minimum Gasteiger partial charge on any atom is -0.490 e. The van der Waals surface area contributed by atoms with Crippen molar-refractivity contribution in [3.05, 3.63) is 77.6 Å². The molecule has 2 aliphatic heterocycles. The molecule has 0 saturated carbocycles. The molecule has 0 spiro atoms. The fourth-order valence-electron chi connectivity index (χ4n) is 4.26. The van der Waals surface area contributed by atoms with Crippen LogP contribution in [-0.4, -0.2) is 60.3 Å². The standard InChI is InChI=1S/C27H29N3O5/c1-2-32-26-16-22(4-6-23(26)33-18-20-7-9-28-10-8-20)27(31)30-13-11-29(12-14-30)17-21-3-5-24-25(15-21)35-19-34-24/h3-10,15-16H,2,11-14,17-19H2,1H3. The molecular formula is C27H29N3O5. The van der Waals surface area contributed by atoms with Crippen molar-refractivity contribution in [3.63, 3.8) is 0 Å². The first-order valence-corrected chi connectivity index (χ1v) is 11.9. The molecule has 0 aliphatic carbocycles. The average Bonchev–Trinajstić information content (AvgIpc) is 3.37. The highest BCUT2D eigenvalue weighted by atomic mass is 16.7. The van der Waals surface area contributed by atoms with Crippen LogP contribution in [0.2, 0.25) is 0 Å². The van der Waals surface area contributed by atoms with Gasteiger partial charge in [-0.25, -0.2) is 0 Å². The molecular weight excluding hydrogens is 446 g/mol. The highest BCUT2D eigenvalue weighted by molar-refractivity contribution is 5.95. The summed E-state index contributed by atoms with van der Waals surface area (Å²) in [6.45, 7) is 6.88. The van der Waals surface area contributed by atoms with Gasteiger partial charge in [0.05, 0.1) is 6.61 Å². The first-order chi connectivity index (χ1) is 17.2. The molecule has 0 radical (unpaired) electrons. The molecule has 2 aliphatic rings. The van der Waals surface area contributed by atoms with E-state index in [0.29, 0.717) is 43.4 Å². The largest absolute Gasteiger partial charge is 0.490 e.